The highest BCUT2D eigenvalue weighted by molar-refractivity contribution is 5.76. The third-order valence-corrected chi connectivity index (χ3v) is 2.46. The highest BCUT2D eigenvalue weighted by Crippen LogP contribution is 2.14. The molecule has 100 valence electrons. The molecule has 0 aromatic rings. The molecule has 0 heterocycles. The fourth-order valence-corrected chi connectivity index (χ4v) is 1.74. The minimum atomic E-state index is -0.805. The van der Waals surface area contributed by atoms with Crippen LogP contribution in [0, 0.1) is 11.8 Å². The minimum Gasteiger partial charge on any atom is -0.481 e. The molecule has 0 aliphatic heterocycles. The molecular formula is C12H24N2O3. The molecule has 0 fully saturated rings. The van der Waals surface area contributed by atoms with E-state index in [1.165, 1.54) is 0 Å². The lowest BCUT2D eigenvalue weighted by atomic mass is 9.94. The molecule has 0 spiro atoms. The van der Waals surface area contributed by atoms with Gasteiger partial charge in [0.25, 0.3) is 0 Å². The van der Waals surface area contributed by atoms with Crippen LogP contribution in [0.4, 0.5) is 0 Å². The molecule has 5 heteroatoms. The molecule has 3 N–H and O–H groups in total. The van der Waals surface area contributed by atoms with Gasteiger partial charge >= 0.3 is 5.97 Å². The first kappa shape index (κ1) is 15.9. The molecule has 1 atom stereocenters. The first-order chi connectivity index (χ1) is 7.95. The standard InChI is InChI=1S/C12H24N2O3/c1-9(2)6-10(7-12(16)17)8-14-11(15)4-5-13-3/h9-10,13H,4-8H2,1-3H3,(H,14,15)(H,16,17)/t10-/m0/s1. The van der Waals surface area contributed by atoms with Crippen molar-refractivity contribution >= 4 is 11.9 Å². The number of carboxylic acid groups (broad SMARTS) is 1. The van der Waals surface area contributed by atoms with Gasteiger partial charge < -0.3 is 15.7 Å². The van der Waals surface area contributed by atoms with Crippen LogP contribution in [0.1, 0.15) is 33.1 Å². The Kier molecular flexibility index (Phi) is 8.40. The zero-order valence-electron chi connectivity index (χ0n) is 11.0. The number of nitrogens with one attached hydrogen (secondary N) is 2. The predicted molar refractivity (Wildman–Crippen MR) is 66.8 cm³/mol. The monoisotopic (exact) mass is 244 g/mol. The number of rotatable bonds is 9. The summed E-state index contributed by atoms with van der Waals surface area (Å²) in [6.45, 7) is 5.20. The van der Waals surface area contributed by atoms with Gasteiger partial charge in [0.15, 0.2) is 0 Å². The van der Waals surface area contributed by atoms with Crippen LogP contribution >= 0.6 is 0 Å². The van der Waals surface area contributed by atoms with Crippen LogP contribution in [0.2, 0.25) is 0 Å². The molecule has 0 rings (SSSR count). The van der Waals surface area contributed by atoms with Crippen LogP contribution in [-0.2, 0) is 9.59 Å². The van der Waals surface area contributed by atoms with Gasteiger partial charge in [-0.15, -0.1) is 0 Å². The Morgan fingerprint density at radius 2 is 1.94 bits per heavy atom. The molecular weight excluding hydrogens is 220 g/mol. The molecule has 0 saturated heterocycles. The van der Waals surface area contributed by atoms with Gasteiger partial charge in [-0.1, -0.05) is 13.8 Å². The second-order valence-electron chi connectivity index (χ2n) is 4.75. The van der Waals surface area contributed by atoms with E-state index in [0.29, 0.717) is 25.4 Å². The summed E-state index contributed by atoms with van der Waals surface area (Å²) in [5.74, 6) is -0.377. The predicted octanol–water partition coefficient (Wildman–Crippen LogP) is 0.849. The van der Waals surface area contributed by atoms with E-state index in [-0.39, 0.29) is 18.2 Å². The lowest BCUT2D eigenvalue weighted by Gasteiger charge is -2.17. The fourth-order valence-electron chi connectivity index (χ4n) is 1.74. The average Bonchev–Trinajstić information content (AvgIpc) is 2.21. The van der Waals surface area contributed by atoms with Gasteiger partial charge in [0, 0.05) is 25.9 Å². The van der Waals surface area contributed by atoms with Gasteiger partial charge in [-0.3, -0.25) is 9.59 Å². The summed E-state index contributed by atoms with van der Waals surface area (Å²) in [6, 6.07) is 0. The van der Waals surface area contributed by atoms with E-state index in [1.54, 1.807) is 7.05 Å². The summed E-state index contributed by atoms with van der Waals surface area (Å²) < 4.78 is 0. The van der Waals surface area contributed by atoms with Gasteiger partial charge in [-0.05, 0) is 25.3 Å². The number of hydrogen-bond donors (Lipinski definition) is 3. The Morgan fingerprint density at radius 1 is 1.29 bits per heavy atom. The summed E-state index contributed by atoms with van der Waals surface area (Å²) in [7, 11) is 1.79. The van der Waals surface area contributed by atoms with Crippen molar-refractivity contribution < 1.29 is 14.7 Å². The van der Waals surface area contributed by atoms with Crippen LogP contribution in [0.25, 0.3) is 0 Å². The Labute approximate surface area is 103 Å². The smallest absolute Gasteiger partial charge is 0.303 e. The van der Waals surface area contributed by atoms with Crippen LogP contribution in [0.15, 0.2) is 0 Å². The molecule has 17 heavy (non-hydrogen) atoms. The van der Waals surface area contributed by atoms with E-state index >= 15 is 0 Å². The van der Waals surface area contributed by atoms with Crippen molar-refractivity contribution in [2.45, 2.75) is 33.1 Å². The van der Waals surface area contributed by atoms with E-state index < -0.39 is 5.97 Å². The lowest BCUT2D eigenvalue weighted by molar-refractivity contribution is -0.138. The first-order valence-electron chi connectivity index (χ1n) is 6.08. The highest BCUT2D eigenvalue weighted by Gasteiger charge is 2.15. The van der Waals surface area contributed by atoms with E-state index in [2.05, 4.69) is 24.5 Å². The largest absolute Gasteiger partial charge is 0.481 e. The van der Waals surface area contributed by atoms with Crippen molar-refractivity contribution in [1.29, 1.82) is 0 Å². The van der Waals surface area contributed by atoms with E-state index in [1.807, 2.05) is 0 Å². The molecule has 0 bridgehead atoms. The Balaban J connectivity index is 3.97. The third kappa shape index (κ3) is 9.81. The minimum absolute atomic E-state index is 0.0195. The Morgan fingerprint density at radius 3 is 2.41 bits per heavy atom. The second kappa shape index (κ2) is 8.98. The molecule has 0 aromatic carbocycles. The number of carboxylic acids is 1. The van der Waals surface area contributed by atoms with Crippen molar-refractivity contribution in [3.63, 3.8) is 0 Å². The van der Waals surface area contributed by atoms with Crippen molar-refractivity contribution in [2.24, 2.45) is 11.8 Å². The first-order valence-corrected chi connectivity index (χ1v) is 6.08. The zero-order valence-corrected chi connectivity index (χ0v) is 11.0. The van der Waals surface area contributed by atoms with Crippen LogP contribution in [-0.4, -0.2) is 37.1 Å². The van der Waals surface area contributed by atoms with Crippen molar-refractivity contribution in [1.82, 2.24) is 10.6 Å². The highest BCUT2D eigenvalue weighted by atomic mass is 16.4. The number of aliphatic carboxylic acids is 1. The van der Waals surface area contributed by atoms with Crippen molar-refractivity contribution in [3.05, 3.63) is 0 Å². The van der Waals surface area contributed by atoms with Crippen LogP contribution < -0.4 is 10.6 Å². The van der Waals surface area contributed by atoms with Gasteiger partial charge in [-0.25, -0.2) is 0 Å². The lowest BCUT2D eigenvalue weighted by Crippen LogP contribution is -2.32. The number of carbonyl (C=O) groups excluding carboxylic acids is 1. The third-order valence-electron chi connectivity index (χ3n) is 2.46. The normalized spacial score (nSPS) is 12.5. The number of amides is 1. The van der Waals surface area contributed by atoms with Crippen molar-refractivity contribution in [2.75, 3.05) is 20.1 Å². The zero-order chi connectivity index (χ0) is 13.3. The SMILES string of the molecule is CNCCC(=O)NC[C@H](CC(=O)O)CC(C)C. The van der Waals surface area contributed by atoms with Gasteiger partial charge in [0.1, 0.15) is 0 Å². The quantitative estimate of drug-likeness (QED) is 0.562. The molecule has 0 aromatic heterocycles. The molecule has 0 saturated carbocycles. The van der Waals surface area contributed by atoms with Crippen molar-refractivity contribution in [3.8, 4) is 0 Å². The van der Waals surface area contributed by atoms with Gasteiger partial charge in [0.05, 0.1) is 0 Å². The fraction of sp³-hybridized carbons (Fsp3) is 0.833. The maximum absolute atomic E-state index is 11.4. The summed E-state index contributed by atoms with van der Waals surface area (Å²) in [5, 5.41) is 14.5. The van der Waals surface area contributed by atoms with Gasteiger partial charge in [0.2, 0.25) is 5.91 Å². The summed E-state index contributed by atoms with van der Waals surface area (Å²) >= 11 is 0. The second-order valence-corrected chi connectivity index (χ2v) is 4.75. The van der Waals surface area contributed by atoms with E-state index in [0.717, 1.165) is 6.42 Å². The summed E-state index contributed by atoms with van der Waals surface area (Å²) in [4.78, 5) is 22.1. The molecule has 0 aliphatic carbocycles. The average molecular weight is 244 g/mol. The maximum atomic E-state index is 11.4. The molecule has 1 amide bonds. The molecule has 0 unspecified atom stereocenters. The van der Waals surface area contributed by atoms with Crippen LogP contribution in [0.3, 0.4) is 0 Å². The molecule has 0 aliphatic rings. The number of carbonyl (C=O) groups is 2. The Hall–Kier alpha value is -1.10. The number of hydrogen-bond acceptors (Lipinski definition) is 3. The maximum Gasteiger partial charge on any atom is 0.303 e. The molecule has 0 radical (unpaired) electrons. The summed E-state index contributed by atoms with van der Waals surface area (Å²) in [6.07, 6.45) is 1.36. The summed E-state index contributed by atoms with van der Waals surface area (Å²) in [5.41, 5.74) is 0. The van der Waals surface area contributed by atoms with E-state index in [9.17, 15) is 9.59 Å². The Bertz CT molecular complexity index is 242. The van der Waals surface area contributed by atoms with E-state index in [4.69, 9.17) is 5.11 Å². The topological polar surface area (TPSA) is 78.4 Å². The van der Waals surface area contributed by atoms with Gasteiger partial charge in [-0.2, -0.15) is 0 Å². The molecule has 5 nitrogen and oxygen atoms in total. The van der Waals surface area contributed by atoms with Crippen LogP contribution in [0.5, 0.6) is 0 Å².